The van der Waals surface area contributed by atoms with E-state index in [2.05, 4.69) is 6.92 Å². The van der Waals surface area contributed by atoms with Crippen LogP contribution < -0.4 is 0 Å². The number of nitrogens with zero attached hydrogens (tertiary/aromatic N) is 2. The highest BCUT2D eigenvalue weighted by Gasteiger charge is 2.39. The van der Waals surface area contributed by atoms with Gasteiger partial charge in [-0.3, -0.25) is 9.59 Å². The maximum absolute atomic E-state index is 12.7. The molecular formula is C17H21ClN2O2. The van der Waals surface area contributed by atoms with Crippen LogP contribution in [0.25, 0.3) is 0 Å². The highest BCUT2D eigenvalue weighted by Crippen LogP contribution is 2.32. The summed E-state index contributed by atoms with van der Waals surface area (Å²) in [5, 5.41) is 0.719. The molecule has 1 aromatic carbocycles. The molecule has 1 fully saturated rings. The lowest BCUT2D eigenvalue weighted by Crippen LogP contribution is -2.37. The summed E-state index contributed by atoms with van der Waals surface area (Å²) in [6, 6.07) is 5.99. The Morgan fingerprint density at radius 3 is 2.86 bits per heavy atom. The van der Waals surface area contributed by atoms with E-state index in [1.54, 1.807) is 0 Å². The summed E-state index contributed by atoms with van der Waals surface area (Å²) in [6.45, 7) is 5.81. The second-order valence-corrected chi connectivity index (χ2v) is 6.68. The van der Waals surface area contributed by atoms with E-state index in [9.17, 15) is 9.59 Å². The van der Waals surface area contributed by atoms with Crippen LogP contribution in [0.2, 0.25) is 5.02 Å². The number of amides is 2. The van der Waals surface area contributed by atoms with Crippen molar-refractivity contribution in [1.82, 2.24) is 9.80 Å². The number of hydrogen-bond acceptors (Lipinski definition) is 2. The number of halogens is 1. The van der Waals surface area contributed by atoms with Crippen LogP contribution in [-0.2, 0) is 22.7 Å². The molecule has 3 rings (SSSR count). The van der Waals surface area contributed by atoms with Crippen molar-refractivity contribution in [3.05, 3.63) is 34.3 Å². The van der Waals surface area contributed by atoms with Gasteiger partial charge in [-0.2, -0.15) is 0 Å². The van der Waals surface area contributed by atoms with Gasteiger partial charge in [-0.15, -0.1) is 0 Å². The van der Waals surface area contributed by atoms with E-state index in [1.165, 1.54) is 0 Å². The van der Waals surface area contributed by atoms with Crippen molar-refractivity contribution in [2.24, 2.45) is 5.92 Å². The second-order valence-electron chi connectivity index (χ2n) is 6.28. The summed E-state index contributed by atoms with van der Waals surface area (Å²) in [5.74, 6) is -0.0385. The van der Waals surface area contributed by atoms with Crippen LogP contribution in [0.15, 0.2) is 18.2 Å². The number of fused-ring (bicyclic) bond motifs is 1. The normalized spacial score (nSPS) is 22.1. The maximum Gasteiger partial charge on any atom is 0.228 e. The van der Waals surface area contributed by atoms with Crippen molar-refractivity contribution in [2.45, 2.75) is 45.8 Å². The van der Waals surface area contributed by atoms with Crippen molar-refractivity contribution in [3.63, 3.8) is 0 Å². The Bertz CT molecular complexity index is 617. The van der Waals surface area contributed by atoms with E-state index < -0.39 is 0 Å². The van der Waals surface area contributed by atoms with Gasteiger partial charge in [-0.25, -0.2) is 0 Å². The van der Waals surface area contributed by atoms with Gasteiger partial charge in [0.05, 0.1) is 5.92 Å². The van der Waals surface area contributed by atoms with Crippen LogP contribution in [-0.4, -0.2) is 34.2 Å². The first-order valence-electron chi connectivity index (χ1n) is 7.85. The smallest absolute Gasteiger partial charge is 0.228 e. The Labute approximate surface area is 136 Å². The Morgan fingerprint density at radius 1 is 1.41 bits per heavy atom. The summed E-state index contributed by atoms with van der Waals surface area (Å²) >= 11 is 6.21. The molecule has 0 saturated carbocycles. The Morgan fingerprint density at radius 2 is 2.18 bits per heavy atom. The zero-order valence-electron chi connectivity index (χ0n) is 13.0. The summed E-state index contributed by atoms with van der Waals surface area (Å²) < 4.78 is 0. The number of carbonyl (C=O) groups excluding carboxylic acids is 2. The fourth-order valence-corrected chi connectivity index (χ4v) is 3.59. The van der Waals surface area contributed by atoms with Gasteiger partial charge in [0.15, 0.2) is 0 Å². The maximum atomic E-state index is 12.7. The summed E-state index contributed by atoms with van der Waals surface area (Å²) in [7, 11) is 0. The molecule has 2 unspecified atom stereocenters. The third kappa shape index (κ3) is 2.60. The largest absolute Gasteiger partial charge is 0.339 e. The fraction of sp³-hybridized carbons (Fsp3) is 0.529. The molecule has 1 aromatic rings. The van der Waals surface area contributed by atoms with Crippen molar-refractivity contribution in [3.8, 4) is 0 Å². The average molecular weight is 321 g/mol. The second kappa shape index (κ2) is 5.92. The van der Waals surface area contributed by atoms with Crippen LogP contribution in [0.1, 0.15) is 37.8 Å². The third-order valence-corrected chi connectivity index (χ3v) is 5.22. The number of hydrogen-bond donors (Lipinski definition) is 0. The van der Waals surface area contributed by atoms with Gasteiger partial charge in [0.2, 0.25) is 11.8 Å². The average Bonchev–Trinajstić information content (AvgIpc) is 3.10. The predicted molar refractivity (Wildman–Crippen MR) is 85.3 cm³/mol. The minimum Gasteiger partial charge on any atom is -0.339 e. The standard InChI is InChI=1S/C17H21ClN2O2/c1-3-11(2)20-9-13(7-16(20)21)17(22)19-8-12-5-4-6-15(18)14(12)10-19/h4-6,11,13H,3,7-10H2,1-2H3. The van der Waals surface area contributed by atoms with Gasteiger partial charge in [0.25, 0.3) is 0 Å². The van der Waals surface area contributed by atoms with E-state index in [1.807, 2.05) is 34.9 Å². The molecule has 0 bridgehead atoms. The van der Waals surface area contributed by atoms with E-state index in [0.29, 0.717) is 26.1 Å². The molecule has 5 heteroatoms. The highest BCUT2D eigenvalue weighted by atomic mass is 35.5. The number of likely N-dealkylation sites (tertiary alicyclic amines) is 1. The van der Waals surface area contributed by atoms with Gasteiger partial charge in [0.1, 0.15) is 0 Å². The van der Waals surface area contributed by atoms with E-state index in [4.69, 9.17) is 11.6 Å². The minimum absolute atomic E-state index is 0.0754. The molecule has 2 heterocycles. The van der Waals surface area contributed by atoms with Crippen LogP contribution >= 0.6 is 11.6 Å². The van der Waals surface area contributed by atoms with Gasteiger partial charge in [0, 0.05) is 37.1 Å². The first-order valence-corrected chi connectivity index (χ1v) is 8.23. The topological polar surface area (TPSA) is 40.6 Å². The Kier molecular flexibility index (Phi) is 4.13. The van der Waals surface area contributed by atoms with Crippen LogP contribution in [0.3, 0.4) is 0 Å². The van der Waals surface area contributed by atoms with Gasteiger partial charge >= 0.3 is 0 Å². The quantitative estimate of drug-likeness (QED) is 0.859. The molecule has 2 aliphatic heterocycles. The third-order valence-electron chi connectivity index (χ3n) is 4.87. The molecule has 0 radical (unpaired) electrons. The van der Waals surface area contributed by atoms with Crippen molar-refractivity contribution < 1.29 is 9.59 Å². The molecule has 22 heavy (non-hydrogen) atoms. The van der Waals surface area contributed by atoms with Crippen LogP contribution in [0.5, 0.6) is 0 Å². The minimum atomic E-state index is -0.213. The SMILES string of the molecule is CCC(C)N1CC(C(=O)N2Cc3cccc(Cl)c3C2)CC1=O. The first kappa shape index (κ1) is 15.3. The molecule has 1 saturated heterocycles. The lowest BCUT2D eigenvalue weighted by Gasteiger charge is -2.24. The Hall–Kier alpha value is -1.55. The zero-order valence-corrected chi connectivity index (χ0v) is 13.8. The molecule has 2 atom stereocenters. The summed E-state index contributed by atoms with van der Waals surface area (Å²) in [5.41, 5.74) is 2.16. The zero-order chi connectivity index (χ0) is 15.9. The molecule has 0 N–H and O–H groups in total. The molecule has 118 valence electrons. The molecular weight excluding hydrogens is 300 g/mol. The van der Waals surface area contributed by atoms with E-state index in [-0.39, 0.29) is 23.8 Å². The van der Waals surface area contributed by atoms with Crippen molar-refractivity contribution in [2.75, 3.05) is 6.54 Å². The lowest BCUT2D eigenvalue weighted by atomic mass is 10.1. The van der Waals surface area contributed by atoms with Crippen molar-refractivity contribution in [1.29, 1.82) is 0 Å². The monoisotopic (exact) mass is 320 g/mol. The highest BCUT2D eigenvalue weighted by molar-refractivity contribution is 6.31. The first-order chi connectivity index (χ1) is 10.5. The van der Waals surface area contributed by atoms with Gasteiger partial charge in [-0.1, -0.05) is 30.7 Å². The molecule has 2 amide bonds. The van der Waals surface area contributed by atoms with E-state index in [0.717, 1.165) is 22.6 Å². The number of rotatable bonds is 3. The van der Waals surface area contributed by atoms with Crippen LogP contribution in [0, 0.1) is 5.92 Å². The van der Waals surface area contributed by atoms with Gasteiger partial charge < -0.3 is 9.80 Å². The number of carbonyl (C=O) groups is 2. The molecule has 4 nitrogen and oxygen atoms in total. The van der Waals surface area contributed by atoms with E-state index >= 15 is 0 Å². The van der Waals surface area contributed by atoms with Crippen molar-refractivity contribution >= 4 is 23.4 Å². The molecule has 2 aliphatic rings. The fourth-order valence-electron chi connectivity index (χ4n) is 3.34. The summed E-state index contributed by atoms with van der Waals surface area (Å²) in [4.78, 5) is 28.5. The Balaban J connectivity index is 1.70. The molecule has 0 spiro atoms. The predicted octanol–water partition coefficient (Wildman–Crippen LogP) is 2.83. The molecule has 0 aliphatic carbocycles. The molecule has 0 aromatic heterocycles. The van der Waals surface area contributed by atoms with Gasteiger partial charge in [-0.05, 0) is 30.5 Å². The lowest BCUT2D eigenvalue weighted by molar-refractivity contribution is -0.136. The van der Waals surface area contributed by atoms with Crippen LogP contribution in [0.4, 0.5) is 0 Å². The number of benzene rings is 1. The summed E-state index contributed by atoms with van der Waals surface area (Å²) in [6.07, 6.45) is 1.25.